The van der Waals surface area contributed by atoms with Gasteiger partial charge in [-0.05, 0) is 23.6 Å². The molecular weight excluding hydrogens is 224 g/mol. The fraction of sp³-hybridized carbons (Fsp3) is 0.500. The first-order valence-corrected chi connectivity index (χ1v) is 6.52. The van der Waals surface area contributed by atoms with Crippen molar-refractivity contribution in [1.82, 2.24) is 0 Å². The standard InChI is InChI=1S/C16H20O2/c1-13(2)15-5-3-14(4-6-15)7-8-16(17)9-11-18-12-10-16/h3-6,13,17H,9-12H2,1-2H3. The molecular formula is C16H20O2. The van der Waals surface area contributed by atoms with Gasteiger partial charge < -0.3 is 9.84 Å². The summed E-state index contributed by atoms with van der Waals surface area (Å²) in [7, 11) is 0. The lowest BCUT2D eigenvalue weighted by molar-refractivity contribution is -0.0261. The molecule has 1 aliphatic rings. The Morgan fingerprint density at radius 2 is 1.78 bits per heavy atom. The predicted octanol–water partition coefficient (Wildman–Crippen LogP) is 2.70. The third kappa shape index (κ3) is 3.35. The van der Waals surface area contributed by atoms with Gasteiger partial charge in [-0.15, -0.1) is 0 Å². The third-order valence-electron chi connectivity index (χ3n) is 3.34. The van der Waals surface area contributed by atoms with Crippen molar-refractivity contribution in [3.8, 4) is 11.8 Å². The maximum atomic E-state index is 10.2. The molecule has 0 unspecified atom stereocenters. The van der Waals surface area contributed by atoms with Gasteiger partial charge in [0.2, 0.25) is 0 Å². The quantitative estimate of drug-likeness (QED) is 0.770. The minimum absolute atomic E-state index is 0.534. The summed E-state index contributed by atoms with van der Waals surface area (Å²) in [5, 5.41) is 10.2. The summed E-state index contributed by atoms with van der Waals surface area (Å²) in [4.78, 5) is 0. The van der Waals surface area contributed by atoms with Gasteiger partial charge in [-0.2, -0.15) is 0 Å². The number of hydrogen-bond donors (Lipinski definition) is 1. The van der Waals surface area contributed by atoms with E-state index in [1.54, 1.807) is 0 Å². The number of aliphatic hydroxyl groups is 1. The second kappa shape index (κ2) is 5.56. The van der Waals surface area contributed by atoms with Crippen LogP contribution in [0.3, 0.4) is 0 Å². The van der Waals surface area contributed by atoms with Gasteiger partial charge >= 0.3 is 0 Å². The lowest BCUT2D eigenvalue weighted by Gasteiger charge is -2.26. The molecule has 0 radical (unpaired) electrons. The molecule has 0 saturated carbocycles. The molecule has 2 nitrogen and oxygen atoms in total. The van der Waals surface area contributed by atoms with E-state index in [2.05, 4.69) is 37.8 Å². The van der Waals surface area contributed by atoms with Crippen LogP contribution in [0.15, 0.2) is 24.3 Å². The first-order valence-electron chi connectivity index (χ1n) is 6.52. The number of benzene rings is 1. The molecule has 18 heavy (non-hydrogen) atoms. The van der Waals surface area contributed by atoms with Crippen molar-refractivity contribution in [3.63, 3.8) is 0 Å². The molecule has 1 aliphatic heterocycles. The normalized spacial score (nSPS) is 18.2. The van der Waals surface area contributed by atoms with Crippen molar-refractivity contribution in [2.45, 2.75) is 38.2 Å². The van der Waals surface area contributed by atoms with Crippen molar-refractivity contribution >= 4 is 0 Å². The fourth-order valence-corrected chi connectivity index (χ4v) is 1.97. The zero-order chi connectivity index (χ0) is 13.0. The molecule has 2 rings (SSSR count). The van der Waals surface area contributed by atoms with Crippen LogP contribution in [-0.4, -0.2) is 23.9 Å². The minimum Gasteiger partial charge on any atom is -0.381 e. The Labute approximate surface area is 109 Å². The van der Waals surface area contributed by atoms with Crippen molar-refractivity contribution in [2.24, 2.45) is 0 Å². The van der Waals surface area contributed by atoms with E-state index in [1.165, 1.54) is 5.56 Å². The van der Waals surface area contributed by atoms with E-state index >= 15 is 0 Å². The third-order valence-corrected chi connectivity index (χ3v) is 3.34. The Balaban J connectivity index is 2.09. The summed E-state index contributed by atoms with van der Waals surface area (Å²) in [6, 6.07) is 8.24. The van der Waals surface area contributed by atoms with Crippen LogP contribution < -0.4 is 0 Å². The Kier molecular flexibility index (Phi) is 4.06. The number of rotatable bonds is 1. The van der Waals surface area contributed by atoms with Crippen molar-refractivity contribution in [2.75, 3.05) is 13.2 Å². The highest BCUT2D eigenvalue weighted by Gasteiger charge is 2.27. The molecule has 1 aromatic rings. The monoisotopic (exact) mass is 244 g/mol. The predicted molar refractivity (Wildman–Crippen MR) is 72.4 cm³/mol. The van der Waals surface area contributed by atoms with Gasteiger partial charge in [0.25, 0.3) is 0 Å². The summed E-state index contributed by atoms with van der Waals surface area (Å²) in [5.41, 5.74) is 1.40. The van der Waals surface area contributed by atoms with Crippen LogP contribution in [0, 0.1) is 11.8 Å². The van der Waals surface area contributed by atoms with Gasteiger partial charge in [-0.1, -0.05) is 37.8 Å². The van der Waals surface area contributed by atoms with Crippen LogP contribution in [0.5, 0.6) is 0 Å². The van der Waals surface area contributed by atoms with Gasteiger partial charge in [0, 0.05) is 18.4 Å². The van der Waals surface area contributed by atoms with E-state index < -0.39 is 5.60 Å². The number of hydrogen-bond acceptors (Lipinski definition) is 2. The van der Waals surface area contributed by atoms with Gasteiger partial charge in [0.1, 0.15) is 5.60 Å². The average molecular weight is 244 g/mol. The van der Waals surface area contributed by atoms with Crippen LogP contribution in [-0.2, 0) is 4.74 Å². The van der Waals surface area contributed by atoms with Crippen LogP contribution >= 0.6 is 0 Å². The summed E-state index contributed by atoms with van der Waals surface area (Å²) in [5.74, 6) is 6.59. The second-order valence-corrected chi connectivity index (χ2v) is 5.17. The highest BCUT2D eigenvalue weighted by atomic mass is 16.5. The molecule has 1 fully saturated rings. The van der Waals surface area contributed by atoms with Gasteiger partial charge in [-0.25, -0.2) is 0 Å². The van der Waals surface area contributed by atoms with E-state index in [0.29, 0.717) is 32.0 Å². The molecule has 1 heterocycles. The number of ether oxygens (including phenoxy) is 1. The summed E-state index contributed by atoms with van der Waals surface area (Å²) in [6.07, 6.45) is 1.20. The lowest BCUT2D eigenvalue weighted by atomic mass is 9.94. The van der Waals surface area contributed by atoms with Crippen LogP contribution in [0.25, 0.3) is 0 Å². The smallest absolute Gasteiger partial charge is 0.130 e. The topological polar surface area (TPSA) is 29.5 Å². The van der Waals surface area contributed by atoms with Crippen molar-refractivity contribution in [1.29, 1.82) is 0 Å². The van der Waals surface area contributed by atoms with Crippen LogP contribution in [0.1, 0.15) is 43.7 Å². The maximum absolute atomic E-state index is 10.2. The van der Waals surface area contributed by atoms with Gasteiger partial charge in [-0.3, -0.25) is 0 Å². The molecule has 2 heteroatoms. The molecule has 0 bridgehead atoms. The highest BCUT2D eigenvalue weighted by Crippen LogP contribution is 2.19. The summed E-state index contributed by atoms with van der Waals surface area (Å²) >= 11 is 0. The first kappa shape index (κ1) is 13.1. The van der Waals surface area contributed by atoms with E-state index in [-0.39, 0.29) is 0 Å². The minimum atomic E-state index is -0.866. The molecule has 1 aromatic carbocycles. The van der Waals surface area contributed by atoms with Crippen molar-refractivity contribution < 1.29 is 9.84 Å². The molecule has 0 aliphatic carbocycles. The molecule has 0 amide bonds. The molecule has 0 atom stereocenters. The molecule has 1 saturated heterocycles. The van der Waals surface area contributed by atoms with Gasteiger partial charge in [0.15, 0.2) is 0 Å². The summed E-state index contributed by atoms with van der Waals surface area (Å²) < 4.78 is 5.23. The molecule has 0 aromatic heterocycles. The SMILES string of the molecule is CC(C)c1ccc(C#CC2(O)CCOCC2)cc1. The van der Waals surface area contributed by atoms with E-state index in [9.17, 15) is 5.11 Å². The molecule has 96 valence electrons. The largest absolute Gasteiger partial charge is 0.381 e. The van der Waals surface area contributed by atoms with E-state index in [1.807, 2.05) is 12.1 Å². The Morgan fingerprint density at radius 3 is 2.33 bits per heavy atom. The van der Waals surface area contributed by atoms with Crippen molar-refractivity contribution in [3.05, 3.63) is 35.4 Å². The van der Waals surface area contributed by atoms with Gasteiger partial charge in [0.05, 0.1) is 13.2 Å². The highest BCUT2D eigenvalue weighted by molar-refractivity contribution is 5.38. The molecule has 1 N–H and O–H groups in total. The maximum Gasteiger partial charge on any atom is 0.130 e. The van der Waals surface area contributed by atoms with E-state index in [0.717, 1.165) is 5.56 Å². The zero-order valence-corrected chi connectivity index (χ0v) is 11.1. The first-order chi connectivity index (χ1) is 8.59. The molecule has 0 spiro atoms. The van der Waals surface area contributed by atoms with E-state index in [4.69, 9.17) is 4.74 Å². The van der Waals surface area contributed by atoms with Crippen LogP contribution in [0.4, 0.5) is 0 Å². The Hall–Kier alpha value is -1.30. The Morgan fingerprint density at radius 1 is 1.17 bits per heavy atom. The average Bonchev–Trinajstić information content (AvgIpc) is 2.38. The fourth-order valence-electron chi connectivity index (χ4n) is 1.97. The zero-order valence-electron chi connectivity index (χ0n) is 11.1. The lowest BCUT2D eigenvalue weighted by Crippen LogP contribution is -2.34. The second-order valence-electron chi connectivity index (χ2n) is 5.17. The Bertz CT molecular complexity index is 442. The summed E-state index contributed by atoms with van der Waals surface area (Å²) in [6.45, 7) is 5.53. The van der Waals surface area contributed by atoms with Crippen LogP contribution in [0.2, 0.25) is 0 Å².